The number of carboxylic acid groups (broad SMARTS) is 1. The van der Waals surface area contributed by atoms with E-state index < -0.39 is 5.97 Å². The van der Waals surface area contributed by atoms with Crippen LogP contribution in [0.4, 0.5) is 0 Å². The van der Waals surface area contributed by atoms with Gasteiger partial charge in [0.25, 0.3) is 0 Å². The van der Waals surface area contributed by atoms with E-state index in [1.807, 2.05) is 36.4 Å². The normalized spacial score (nSPS) is 9.87. The predicted octanol–water partition coefficient (Wildman–Crippen LogP) is 3.18. The number of carbonyl (C=O) groups excluding carboxylic acids is 1. The highest BCUT2D eigenvalue weighted by Crippen LogP contribution is 2.22. The lowest BCUT2D eigenvalue weighted by atomic mass is 10.0. The van der Waals surface area contributed by atoms with Crippen LogP contribution in [0.2, 0.25) is 0 Å². The lowest BCUT2D eigenvalue weighted by Crippen LogP contribution is -2.05. The minimum absolute atomic E-state index is 0.0840. The van der Waals surface area contributed by atoms with Gasteiger partial charge >= 0.3 is 5.97 Å². The monoisotopic (exact) mass is 309 g/mol. The van der Waals surface area contributed by atoms with E-state index in [0.717, 1.165) is 5.56 Å². The Kier molecular flexibility index (Phi) is 5.48. The van der Waals surface area contributed by atoms with Crippen LogP contribution in [0, 0.1) is 11.3 Å². The van der Waals surface area contributed by atoms with Gasteiger partial charge in [-0.05, 0) is 23.8 Å². The molecular weight excluding hydrogens is 294 g/mol. The van der Waals surface area contributed by atoms with Crippen LogP contribution >= 0.6 is 0 Å². The van der Waals surface area contributed by atoms with Crippen LogP contribution < -0.4 is 4.74 Å². The molecule has 0 atom stereocenters. The standard InChI is InChI=1S/C18H15NO4/c19-11-15-7-6-14(16(20)8-9-18(21)22)10-17(15)23-12-13-4-2-1-3-5-13/h1-7,10H,8-9,12H2,(H,21,22). The van der Waals surface area contributed by atoms with E-state index in [1.54, 1.807) is 0 Å². The van der Waals surface area contributed by atoms with Crippen LogP contribution in [-0.2, 0) is 11.4 Å². The summed E-state index contributed by atoms with van der Waals surface area (Å²) in [7, 11) is 0. The molecule has 2 aromatic carbocycles. The lowest BCUT2D eigenvalue weighted by Gasteiger charge is -2.09. The SMILES string of the molecule is N#Cc1ccc(C(=O)CCC(=O)O)cc1OCc1ccccc1. The number of carboxylic acids is 1. The fourth-order valence-corrected chi connectivity index (χ4v) is 2.01. The predicted molar refractivity (Wildman–Crippen MR) is 83.1 cm³/mol. The van der Waals surface area contributed by atoms with Gasteiger partial charge in [0.15, 0.2) is 5.78 Å². The Morgan fingerprint density at radius 3 is 2.48 bits per heavy atom. The number of carbonyl (C=O) groups is 2. The van der Waals surface area contributed by atoms with E-state index in [9.17, 15) is 9.59 Å². The van der Waals surface area contributed by atoms with Crippen molar-refractivity contribution in [2.24, 2.45) is 0 Å². The second-order valence-electron chi connectivity index (χ2n) is 4.91. The number of hydrogen-bond acceptors (Lipinski definition) is 4. The van der Waals surface area contributed by atoms with Gasteiger partial charge in [0.1, 0.15) is 18.4 Å². The smallest absolute Gasteiger partial charge is 0.303 e. The first-order chi connectivity index (χ1) is 11.1. The Morgan fingerprint density at radius 2 is 1.83 bits per heavy atom. The fourth-order valence-electron chi connectivity index (χ4n) is 2.01. The molecule has 0 saturated carbocycles. The lowest BCUT2D eigenvalue weighted by molar-refractivity contribution is -0.136. The maximum atomic E-state index is 12.0. The molecule has 0 saturated heterocycles. The van der Waals surface area contributed by atoms with Crippen molar-refractivity contribution in [1.82, 2.24) is 0 Å². The first-order valence-electron chi connectivity index (χ1n) is 7.06. The number of nitrogens with zero attached hydrogens (tertiary/aromatic N) is 1. The number of benzene rings is 2. The van der Waals surface area contributed by atoms with Crippen molar-refractivity contribution in [3.8, 4) is 11.8 Å². The van der Waals surface area contributed by atoms with E-state index in [0.29, 0.717) is 16.9 Å². The van der Waals surface area contributed by atoms with Crippen molar-refractivity contribution in [3.63, 3.8) is 0 Å². The topological polar surface area (TPSA) is 87.4 Å². The van der Waals surface area contributed by atoms with E-state index >= 15 is 0 Å². The van der Waals surface area contributed by atoms with Crippen LogP contribution in [0.15, 0.2) is 48.5 Å². The summed E-state index contributed by atoms with van der Waals surface area (Å²) < 4.78 is 5.64. The summed E-state index contributed by atoms with van der Waals surface area (Å²) >= 11 is 0. The minimum Gasteiger partial charge on any atom is -0.487 e. The molecular formula is C18H15NO4. The van der Waals surface area contributed by atoms with E-state index in [4.69, 9.17) is 15.1 Å². The second kappa shape index (κ2) is 7.76. The number of hydrogen-bond donors (Lipinski definition) is 1. The highest BCUT2D eigenvalue weighted by Gasteiger charge is 2.12. The summed E-state index contributed by atoms with van der Waals surface area (Å²) in [4.78, 5) is 22.5. The molecule has 0 aliphatic carbocycles. The molecule has 0 radical (unpaired) electrons. The quantitative estimate of drug-likeness (QED) is 0.794. The molecule has 1 N–H and O–H groups in total. The number of rotatable bonds is 7. The minimum atomic E-state index is -1.02. The third-order valence-corrected chi connectivity index (χ3v) is 3.23. The molecule has 5 nitrogen and oxygen atoms in total. The van der Waals surface area contributed by atoms with Gasteiger partial charge in [-0.25, -0.2) is 0 Å². The number of Topliss-reactive ketones (excluding diaryl/α,β-unsaturated/α-hetero) is 1. The van der Waals surface area contributed by atoms with Gasteiger partial charge in [0, 0.05) is 12.0 Å². The molecule has 2 aromatic rings. The zero-order valence-corrected chi connectivity index (χ0v) is 12.4. The largest absolute Gasteiger partial charge is 0.487 e. The Labute approximate surface area is 133 Å². The fraction of sp³-hybridized carbons (Fsp3) is 0.167. The Morgan fingerprint density at radius 1 is 1.09 bits per heavy atom. The van der Waals surface area contributed by atoms with Crippen LogP contribution in [0.3, 0.4) is 0 Å². The second-order valence-corrected chi connectivity index (χ2v) is 4.91. The average molecular weight is 309 g/mol. The maximum Gasteiger partial charge on any atom is 0.303 e. The third-order valence-electron chi connectivity index (χ3n) is 3.23. The molecule has 0 spiro atoms. The van der Waals surface area contributed by atoms with Gasteiger partial charge in [-0.15, -0.1) is 0 Å². The highest BCUT2D eigenvalue weighted by molar-refractivity contribution is 5.98. The van der Waals surface area contributed by atoms with Gasteiger partial charge in [0.2, 0.25) is 0 Å². The molecule has 0 aliphatic heterocycles. The highest BCUT2D eigenvalue weighted by atomic mass is 16.5. The molecule has 0 unspecified atom stereocenters. The molecule has 0 amide bonds. The molecule has 0 fully saturated rings. The number of aliphatic carboxylic acids is 1. The summed E-state index contributed by atoms with van der Waals surface area (Å²) in [6.45, 7) is 0.280. The van der Waals surface area contributed by atoms with Crippen LogP contribution in [0.1, 0.15) is 34.3 Å². The zero-order valence-electron chi connectivity index (χ0n) is 12.4. The number of ether oxygens (including phenoxy) is 1. The van der Waals surface area contributed by atoms with Gasteiger partial charge in [-0.3, -0.25) is 9.59 Å². The van der Waals surface area contributed by atoms with Crippen molar-refractivity contribution < 1.29 is 19.4 Å². The number of ketones is 1. The first kappa shape index (κ1) is 16.2. The van der Waals surface area contributed by atoms with Crippen molar-refractivity contribution in [3.05, 3.63) is 65.2 Å². The van der Waals surface area contributed by atoms with Crippen LogP contribution in [0.5, 0.6) is 5.75 Å². The van der Waals surface area contributed by atoms with Gasteiger partial charge in [0.05, 0.1) is 12.0 Å². The molecule has 5 heteroatoms. The summed E-state index contributed by atoms with van der Waals surface area (Å²) in [5.41, 5.74) is 1.61. The van der Waals surface area contributed by atoms with Crippen molar-refractivity contribution in [2.45, 2.75) is 19.4 Å². The Bertz CT molecular complexity index is 747. The van der Waals surface area contributed by atoms with Gasteiger partial charge in [-0.1, -0.05) is 30.3 Å². The summed E-state index contributed by atoms with van der Waals surface area (Å²) in [6, 6.07) is 16.0. The molecule has 116 valence electrons. The van der Waals surface area contributed by atoms with Crippen molar-refractivity contribution in [2.75, 3.05) is 0 Å². The molecule has 0 heterocycles. The summed E-state index contributed by atoms with van der Waals surface area (Å²) in [5, 5.41) is 17.8. The molecule has 0 aromatic heterocycles. The van der Waals surface area contributed by atoms with Gasteiger partial charge < -0.3 is 9.84 Å². The Hall–Kier alpha value is -3.13. The van der Waals surface area contributed by atoms with E-state index in [1.165, 1.54) is 18.2 Å². The zero-order chi connectivity index (χ0) is 16.7. The van der Waals surface area contributed by atoms with E-state index in [-0.39, 0.29) is 25.2 Å². The maximum absolute atomic E-state index is 12.0. The first-order valence-corrected chi connectivity index (χ1v) is 7.06. The summed E-state index contributed by atoms with van der Waals surface area (Å²) in [6.07, 6.45) is -0.307. The summed E-state index contributed by atoms with van der Waals surface area (Å²) in [5.74, 6) is -0.994. The Balaban J connectivity index is 2.14. The number of nitriles is 1. The van der Waals surface area contributed by atoms with Crippen LogP contribution in [-0.4, -0.2) is 16.9 Å². The van der Waals surface area contributed by atoms with Crippen molar-refractivity contribution >= 4 is 11.8 Å². The van der Waals surface area contributed by atoms with Gasteiger partial charge in [-0.2, -0.15) is 5.26 Å². The third kappa shape index (κ3) is 4.68. The average Bonchev–Trinajstić information content (AvgIpc) is 2.58. The molecule has 0 aliphatic rings. The van der Waals surface area contributed by atoms with Crippen molar-refractivity contribution in [1.29, 1.82) is 5.26 Å². The molecule has 0 bridgehead atoms. The molecule has 2 rings (SSSR count). The van der Waals surface area contributed by atoms with Crippen LogP contribution in [0.25, 0.3) is 0 Å². The van der Waals surface area contributed by atoms with E-state index in [2.05, 4.69) is 0 Å². The molecule has 23 heavy (non-hydrogen) atoms.